The molecule has 0 aromatic carbocycles. The maximum Gasteiger partial charge on any atom is 0.141 e. The van der Waals surface area contributed by atoms with Crippen molar-refractivity contribution in [2.45, 2.75) is 37.5 Å². The maximum atomic E-state index is 12.8. The molecule has 0 amide bonds. The third-order valence-corrected chi connectivity index (χ3v) is 4.81. The zero-order valence-corrected chi connectivity index (χ0v) is 11.2. The van der Waals surface area contributed by atoms with Crippen molar-refractivity contribution in [1.82, 2.24) is 10.3 Å². The van der Waals surface area contributed by atoms with E-state index in [-0.39, 0.29) is 11.9 Å². The van der Waals surface area contributed by atoms with E-state index in [0.29, 0.717) is 4.75 Å². The van der Waals surface area contributed by atoms with Gasteiger partial charge in [0.15, 0.2) is 0 Å². The second-order valence-corrected chi connectivity index (χ2v) is 6.59. The summed E-state index contributed by atoms with van der Waals surface area (Å²) in [6.45, 7) is 5.36. The first-order valence-corrected chi connectivity index (χ1v) is 7.06. The fraction of sp³-hybridized carbons (Fsp3) is 0.615. The van der Waals surface area contributed by atoms with Crippen molar-refractivity contribution in [3.05, 3.63) is 29.8 Å². The Bertz CT molecular complexity index is 360. The fourth-order valence-electron chi connectivity index (χ4n) is 2.09. The number of thioether (sulfide) groups is 1. The molecule has 1 aliphatic rings. The number of pyridine rings is 1. The van der Waals surface area contributed by atoms with Gasteiger partial charge in [0.1, 0.15) is 5.82 Å². The van der Waals surface area contributed by atoms with Gasteiger partial charge in [-0.25, -0.2) is 4.39 Å². The van der Waals surface area contributed by atoms with Crippen LogP contribution in [0.5, 0.6) is 0 Å². The largest absolute Gasteiger partial charge is 0.307 e. The van der Waals surface area contributed by atoms with Crippen molar-refractivity contribution < 1.29 is 4.39 Å². The first-order chi connectivity index (χ1) is 8.09. The topological polar surface area (TPSA) is 24.9 Å². The van der Waals surface area contributed by atoms with Crippen LogP contribution in [0.4, 0.5) is 4.39 Å². The summed E-state index contributed by atoms with van der Waals surface area (Å²) >= 11 is 2.04. The van der Waals surface area contributed by atoms with Gasteiger partial charge in [0, 0.05) is 17.3 Å². The van der Waals surface area contributed by atoms with E-state index in [4.69, 9.17) is 0 Å². The molecule has 2 heterocycles. The fourth-order valence-corrected chi connectivity index (χ4v) is 3.35. The molecule has 94 valence electrons. The molecular formula is C13H19FN2S. The zero-order valence-electron chi connectivity index (χ0n) is 10.4. The number of hydrogen-bond acceptors (Lipinski definition) is 3. The van der Waals surface area contributed by atoms with E-state index in [9.17, 15) is 4.39 Å². The van der Waals surface area contributed by atoms with Gasteiger partial charge in [0.2, 0.25) is 0 Å². The van der Waals surface area contributed by atoms with Crippen LogP contribution in [0.2, 0.25) is 0 Å². The predicted octanol–water partition coefficient (Wildman–Crippen LogP) is 3.16. The zero-order chi connectivity index (χ0) is 12.3. The van der Waals surface area contributed by atoms with E-state index >= 15 is 0 Å². The number of hydrogen-bond donors (Lipinski definition) is 1. The van der Waals surface area contributed by atoms with Gasteiger partial charge < -0.3 is 5.32 Å². The summed E-state index contributed by atoms with van der Waals surface area (Å²) in [4.78, 5) is 4.10. The van der Waals surface area contributed by atoms with Crippen molar-refractivity contribution in [3.63, 3.8) is 0 Å². The van der Waals surface area contributed by atoms with Gasteiger partial charge in [-0.1, -0.05) is 0 Å². The van der Waals surface area contributed by atoms with E-state index in [0.717, 1.165) is 12.2 Å². The van der Waals surface area contributed by atoms with Gasteiger partial charge in [0.25, 0.3) is 0 Å². The SMILES string of the molecule is CC(NCC1(C)CCCS1)c1ccc(F)cn1. The Morgan fingerprint density at radius 1 is 1.59 bits per heavy atom. The molecule has 1 saturated heterocycles. The Labute approximate surface area is 106 Å². The molecule has 4 heteroatoms. The summed E-state index contributed by atoms with van der Waals surface area (Å²) in [6, 6.07) is 3.39. The molecule has 2 unspecified atom stereocenters. The summed E-state index contributed by atoms with van der Waals surface area (Å²) < 4.78 is 13.1. The summed E-state index contributed by atoms with van der Waals surface area (Å²) in [6.07, 6.45) is 3.86. The minimum Gasteiger partial charge on any atom is -0.307 e. The molecule has 0 saturated carbocycles. The van der Waals surface area contributed by atoms with Crippen LogP contribution in [-0.4, -0.2) is 22.0 Å². The summed E-state index contributed by atoms with van der Waals surface area (Å²) in [7, 11) is 0. The standard InChI is InChI=1S/C13H19FN2S/c1-10(12-5-4-11(14)8-15-12)16-9-13(2)6-3-7-17-13/h4-5,8,10,16H,3,6-7,9H2,1-2H3. The molecular weight excluding hydrogens is 235 g/mol. The van der Waals surface area contributed by atoms with Gasteiger partial charge in [-0.15, -0.1) is 0 Å². The Morgan fingerprint density at radius 3 is 3.00 bits per heavy atom. The van der Waals surface area contributed by atoms with Crippen molar-refractivity contribution in [3.8, 4) is 0 Å². The van der Waals surface area contributed by atoms with Crippen LogP contribution in [0, 0.1) is 5.82 Å². The van der Waals surface area contributed by atoms with Crippen molar-refractivity contribution in [2.75, 3.05) is 12.3 Å². The number of nitrogens with one attached hydrogen (secondary N) is 1. The van der Waals surface area contributed by atoms with Crippen LogP contribution in [0.3, 0.4) is 0 Å². The van der Waals surface area contributed by atoms with Crippen LogP contribution in [-0.2, 0) is 0 Å². The van der Waals surface area contributed by atoms with Crippen molar-refractivity contribution in [2.24, 2.45) is 0 Å². The second-order valence-electron chi connectivity index (χ2n) is 4.91. The number of halogens is 1. The van der Waals surface area contributed by atoms with E-state index in [1.807, 2.05) is 11.8 Å². The predicted molar refractivity (Wildman–Crippen MR) is 70.7 cm³/mol. The highest BCUT2D eigenvalue weighted by Crippen LogP contribution is 2.37. The normalized spacial score (nSPS) is 26.1. The molecule has 0 spiro atoms. The summed E-state index contributed by atoms with van der Waals surface area (Å²) in [5.74, 6) is 0.987. The van der Waals surface area contributed by atoms with Crippen molar-refractivity contribution in [1.29, 1.82) is 0 Å². The molecule has 1 fully saturated rings. The molecule has 2 rings (SSSR count). The van der Waals surface area contributed by atoms with E-state index in [2.05, 4.69) is 24.1 Å². The lowest BCUT2D eigenvalue weighted by atomic mass is 10.1. The molecule has 1 N–H and O–H groups in total. The minimum absolute atomic E-state index is 0.175. The molecule has 1 aromatic rings. The van der Waals surface area contributed by atoms with Crippen LogP contribution in [0.25, 0.3) is 0 Å². The Morgan fingerprint density at radius 2 is 2.41 bits per heavy atom. The van der Waals surface area contributed by atoms with Crippen LogP contribution < -0.4 is 5.32 Å². The Hall–Kier alpha value is -0.610. The maximum absolute atomic E-state index is 12.8. The van der Waals surface area contributed by atoms with Crippen LogP contribution in [0.1, 0.15) is 38.4 Å². The highest BCUT2D eigenvalue weighted by Gasteiger charge is 2.29. The molecule has 17 heavy (non-hydrogen) atoms. The van der Waals surface area contributed by atoms with E-state index in [1.165, 1.54) is 30.9 Å². The van der Waals surface area contributed by atoms with Crippen LogP contribution >= 0.6 is 11.8 Å². The highest BCUT2D eigenvalue weighted by atomic mass is 32.2. The van der Waals surface area contributed by atoms with Gasteiger partial charge in [-0.3, -0.25) is 4.98 Å². The number of nitrogens with zero attached hydrogens (tertiary/aromatic N) is 1. The molecule has 2 nitrogen and oxygen atoms in total. The number of aromatic nitrogens is 1. The first-order valence-electron chi connectivity index (χ1n) is 6.08. The van der Waals surface area contributed by atoms with E-state index in [1.54, 1.807) is 6.07 Å². The van der Waals surface area contributed by atoms with Gasteiger partial charge in [0.05, 0.1) is 11.9 Å². The summed E-state index contributed by atoms with van der Waals surface area (Å²) in [5, 5.41) is 3.50. The molecule has 0 aliphatic carbocycles. The molecule has 1 aliphatic heterocycles. The second kappa shape index (κ2) is 5.36. The lowest BCUT2D eigenvalue weighted by molar-refractivity contribution is 0.483. The lowest BCUT2D eigenvalue weighted by Gasteiger charge is -2.25. The Kier molecular flexibility index (Phi) is 4.05. The van der Waals surface area contributed by atoms with Crippen LogP contribution in [0.15, 0.2) is 18.3 Å². The summed E-state index contributed by atoms with van der Waals surface area (Å²) in [5.41, 5.74) is 0.901. The monoisotopic (exact) mass is 254 g/mol. The van der Waals surface area contributed by atoms with Gasteiger partial charge in [-0.05, 0) is 44.6 Å². The smallest absolute Gasteiger partial charge is 0.141 e. The minimum atomic E-state index is -0.278. The highest BCUT2D eigenvalue weighted by molar-refractivity contribution is 8.00. The molecule has 0 bridgehead atoms. The number of rotatable bonds is 4. The Balaban J connectivity index is 1.88. The average molecular weight is 254 g/mol. The molecule has 0 radical (unpaired) electrons. The van der Waals surface area contributed by atoms with Crippen molar-refractivity contribution >= 4 is 11.8 Å². The average Bonchev–Trinajstić information content (AvgIpc) is 2.75. The quantitative estimate of drug-likeness (QED) is 0.893. The third kappa shape index (κ3) is 3.42. The van der Waals surface area contributed by atoms with E-state index < -0.39 is 0 Å². The first kappa shape index (κ1) is 12.8. The molecule has 2 atom stereocenters. The van der Waals surface area contributed by atoms with Gasteiger partial charge >= 0.3 is 0 Å². The lowest BCUT2D eigenvalue weighted by Crippen LogP contribution is -2.34. The third-order valence-electron chi connectivity index (χ3n) is 3.28. The van der Waals surface area contributed by atoms with Gasteiger partial charge in [-0.2, -0.15) is 11.8 Å². The molecule has 1 aromatic heterocycles.